The van der Waals surface area contributed by atoms with E-state index < -0.39 is 0 Å². The Labute approximate surface area is 154 Å². The summed E-state index contributed by atoms with van der Waals surface area (Å²) in [6.07, 6.45) is 20.0. The van der Waals surface area contributed by atoms with Gasteiger partial charge in [0, 0.05) is 0 Å². The summed E-state index contributed by atoms with van der Waals surface area (Å²) in [6.45, 7) is 6.20. The van der Waals surface area contributed by atoms with Gasteiger partial charge in [-0.25, -0.2) is 0 Å². The lowest BCUT2D eigenvalue weighted by Gasteiger charge is -2.23. The van der Waals surface area contributed by atoms with E-state index in [1.165, 1.54) is 110 Å². The summed E-state index contributed by atoms with van der Waals surface area (Å²) in [7, 11) is 9.18. The predicted octanol–water partition coefficient (Wildman–Crippen LogP) is 6.11. The number of quaternary nitrogens is 1. The first-order valence-corrected chi connectivity index (χ1v) is 10.9. The average molecular weight is 342 g/mol. The monoisotopic (exact) mass is 341 g/mol. The summed E-state index contributed by atoms with van der Waals surface area (Å²) >= 11 is 0. The molecule has 24 heavy (non-hydrogen) atoms. The Hall–Kier alpha value is -0.0800. The molecule has 0 bridgehead atoms. The minimum Gasteiger partial charge on any atom is -0.331 e. The summed E-state index contributed by atoms with van der Waals surface area (Å²) in [4.78, 5) is 2.55. The molecular weight excluding hydrogens is 292 g/mol. The Kier molecular flexibility index (Phi) is 16.3. The molecule has 0 unspecified atom stereocenters. The highest BCUT2D eigenvalue weighted by molar-refractivity contribution is 4.54. The molecule has 0 saturated heterocycles. The van der Waals surface area contributed by atoms with Crippen molar-refractivity contribution in [1.82, 2.24) is 4.90 Å². The van der Waals surface area contributed by atoms with Gasteiger partial charge >= 0.3 is 0 Å². The smallest absolute Gasteiger partial charge is 0.0780 e. The van der Waals surface area contributed by atoms with Crippen LogP contribution in [0.2, 0.25) is 0 Å². The second-order valence-corrected chi connectivity index (χ2v) is 8.91. The van der Waals surface area contributed by atoms with Crippen LogP contribution in [0.5, 0.6) is 0 Å². The molecule has 0 aliphatic rings. The first-order chi connectivity index (χ1) is 11.5. The predicted molar refractivity (Wildman–Crippen MR) is 111 cm³/mol. The van der Waals surface area contributed by atoms with Crippen LogP contribution in [0.4, 0.5) is 0 Å². The van der Waals surface area contributed by atoms with Gasteiger partial charge in [0.2, 0.25) is 0 Å². The molecule has 0 rings (SSSR count). The van der Waals surface area contributed by atoms with E-state index in [0.29, 0.717) is 0 Å². The third kappa shape index (κ3) is 20.0. The number of nitrogens with zero attached hydrogens (tertiary/aromatic N) is 2. The van der Waals surface area contributed by atoms with Crippen LogP contribution in [-0.2, 0) is 0 Å². The quantitative estimate of drug-likeness (QED) is 0.215. The summed E-state index contributed by atoms with van der Waals surface area (Å²) in [5.74, 6) is 0. The van der Waals surface area contributed by atoms with Gasteiger partial charge in [0.15, 0.2) is 0 Å². The molecule has 146 valence electrons. The maximum Gasteiger partial charge on any atom is 0.0780 e. The molecule has 2 nitrogen and oxygen atoms in total. The van der Waals surface area contributed by atoms with Gasteiger partial charge in [-0.05, 0) is 45.8 Å². The average Bonchev–Trinajstić information content (AvgIpc) is 2.51. The fraction of sp³-hybridized carbons (Fsp3) is 1.00. The van der Waals surface area contributed by atoms with Crippen LogP contribution in [-0.4, -0.2) is 57.2 Å². The molecule has 0 spiro atoms. The summed E-state index contributed by atoms with van der Waals surface area (Å²) in [6, 6.07) is 0. The molecule has 0 N–H and O–H groups in total. The minimum absolute atomic E-state index is 1.11. The van der Waals surface area contributed by atoms with Crippen molar-refractivity contribution in [2.45, 2.75) is 96.8 Å². The molecule has 0 aliphatic heterocycles. The van der Waals surface area contributed by atoms with Gasteiger partial charge in [0.25, 0.3) is 0 Å². The molecule has 0 aromatic carbocycles. The number of unbranched alkanes of at least 4 members (excludes halogenated alkanes) is 12. The lowest BCUT2D eigenvalue weighted by atomic mass is 10.1. The van der Waals surface area contributed by atoms with Gasteiger partial charge in [-0.1, -0.05) is 71.1 Å². The standard InChI is InChI=1S/C22H49N2/c1-6-7-8-9-10-11-12-13-14-17-20-23(2)21-18-15-16-19-22-24(3,4)5/h6-22H2,1-5H3/q+1. The maximum atomic E-state index is 2.55. The maximum absolute atomic E-state index is 2.55. The molecule has 0 aromatic rings. The molecule has 0 aliphatic carbocycles. The Morgan fingerprint density at radius 1 is 0.542 bits per heavy atom. The third-order valence-corrected chi connectivity index (χ3v) is 5.01. The van der Waals surface area contributed by atoms with Crippen LogP contribution in [0.3, 0.4) is 0 Å². The Morgan fingerprint density at radius 3 is 1.33 bits per heavy atom. The van der Waals surface area contributed by atoms with Gasteiger partial charge in [-0.3, -0.25) is 0 Å². The lowest BCUT2D eigenvalue weighted by molar-refractivity contribution is -0.870. The SMILES string of the molecule is CCCCCCCCCCCCN(C)CCCCCC[N+](C)(C)C. The van der Waals surface area contributed by atoms with Crippen molar-refractivity contribution in [2.24, 2.45) is 0 Å². The highest BCUT2D eigenvalue weighted by atomic mass is 15.3. The van der Waals surface area contributed by atoms with Gasteiger partial charge < -0.3 is 9.38 Å². The zero-order valence-corrected chi connectivity index (χ0v) is 17.9. The summed E-state index contributed by atoms with van der Waals surface area (Å²) in [5, 5.41) is 0. The molecule has 0 radical (unpaired) electrons. The highest BCUT2D eigenvalue weighted by Gasteiger charge is 2.05. The highest BCUT2D eigenvalue weighted by Crippen LogP contribution is 2.11. The van der Waals surface area contributed by atoms with Crippen molar-refractivity contribution < 1.29 is 4.48 Å². The summed E-state index contributed by atoms with van der Waals surface area (Å²) < 4.78 is 1.11. The van der Waals surface area contributed by atoms with Gasteiger partial charge in [-0.15, -0.1) is 0 Å². The van der Waals surface area contributed by atoms with Crippen LogP contribution in [0.1, 0.15) is 96.8 Å². The van der Waals surface area contributed by atoms with Crippen LogP contribution < -0.4 is 0 Å². The first-order valence-electron chi connectivity index (χ1n) is 10.9. The van der Waals surface area contributed by atoms with E-state index >= 15 is 0 Å². The second kappa shape index (κ2) is 16.4. The van der Waals surface area contributed by atoms with E-state index in [-0.39, 0.29) is 0 Å². The zero-order chi connectivity index (χ0) is 18.1. The molecule has 0 amide bonds. The lowest BCUT2D eigenvalue weighted by Crippen LogP contribution is -2.35. The van der Waals surface area contributed by atoms with Crippen LogP contribution in [0.25, 0.3) is 0 Å². The number of hydrogen-bond acceptors (Lipinski definition) is 1. The molecule has 0 aromatic heterocycles. The number of rotatable bonds is 18. The summed E-state index contributed by atoms with van der Waals surface area (Å²) in [5.41, 5.74) is 0. The minimum atomic E-state index is 1.11. The fourth-order valence-corrected chi connectivity index (χ4v) is 3.30. The van der Waals surface area contributed by atoms with Crippen molar-refractivity contribution in [2.75, 3.05) is 47.8 Å². The Morgan fingerprint density at radius 2 is 0.917 bits per heavy atom. The van der Waals surface area contributed by atoms with Crippen LogP contribution in [0.15, 0.2) is 0 Å². The van der Waals surface area contributed by atoms with Crippen LogP contribution in [0, 0.1) is 0 Å². The van der Waals surface area contributed by atoms with E-state index in [1.807, 2.05) is 0 Å². The topological polar surface area (TPSA) is 3.24 Å². The zero-order valence-electron chi connectivity index (χ0n) is 17.9. The molecule has 0 fully saturated rings. The van der Waals surface area contributed by atoms with E-state index in [4.69, 9.17) is 0 Å². The second-order valence-electron chi connectivity index (χ2n) is 8.91. The van der Waals surface area contributed by atoms with Crippen molar-refractivity contribution in [1.29, 1.82) is 0 Å². The van der Waals surface area contributed by atoms with E-state index in [2.05, 4.69) is 40.0 Å². The Balaban J connectivity index is 3.20. The Bertz CT molecular complexity index is 245. The van der Waals surface area contributed by atoms with Gasteiger partial charge in [0.05, 0.1) is 27.7 Å². The van der Waals surface area contributed by atoms with E-state index in [0.717, 1.165) is 4.48 Å². The first kappa shape index (κ1) is 23.9. The van der Waals surface area contributed by atoms with Crippen LogP contribution >= 0.6 is 0 Å². The molecular formula is C22H49N2+. The van der Waals surface area contributed by atoms with Crippen molar-refractivity contribution in [3.05, 3.63) is 0 Å². The normalized spacial score (nSPS) is 12.2. The van der Waals surface area contributed by atoms with Gasteiger partial charge in [0.1, 0.15) is 0 Å². The molecule has 0 saturated carbocycles. The molecule has 0 heterocycles. The number of hydrogen-bond donors (Lipinski definition) is 0. The van der Waals surface area contributed by atoms with Crippen molar-refractivity contribution >= 4 is 0 Å². The third-order valence-electron chi connectivity index (χ3n) is 5.01. The van der Waals surface area contributed by atoms with E-state index in [9.17, 15) is 0 Å². The van der Waals surface area contributed by atoms with Crippen molar-refractivity contribution in [3.8, 4) is 0 Å². The van der Waals surface area contributed by atoms with Crippen molar-refractivity contribution in [3.63, 3.8) is 0 Å². The fourth-order valence-electron chi connectivity index (χ4n) is 3.30. The largest absolute Gasteiger partial charge is 0.331 e. The molecule has 0 atom stereocenters. The molecule has 2 heteroatoms. The van der Waals surface area contributed by atoms with Gasteiger partial charge in [-0.2, -0.15) is 0 Å². The van der Waals surface area contributed by atoms with E-state index in [1.54, 1.807) is 0 Å².